The zero-order valence-corrected chi connectivity index (χ0v) is 13.6. The molecule has 1 aromatic rings. The van der Waals surface area contributed by atoms with E-state index in [2.05, 4.69) is 10.3 Å². The monoisotopic (exact) mass is 293 g/mol. The van der Waals surface area contributed by atoms with Crippen LogP contribution in [0.2, 0.25) is 0 Å². The number of pyridine rings is 1. The molecule has 5 heteroatoms. The molecule has 118 valence electrons. The van der Waals surface area contributed by atoms with Crippen molar-refractivity contribution in [3.05, 3.63) is 23.9 Å². The summed E-state index contributed by atoms with van der Waals surface area (Å²) in [7, 11) is 0. The standard InChI is InChI=1S/C16H27N3O2/c1-11(2)21-15-12(7-6-8-18-15)10-19-14(20)9-13(17)16(3,4)5/h6-8,11,13H,9-10,17H2,1-5H3,(H,19,20). The highest BCUT2D eigenvalue weighted by Gasteiger charge is 2.23. The molecule has 0 aliphatic heterocycles. The molecule has 0 saturated carbocycles. The summed E-state index contributed by atoms with van der Waals surface area (Å²) in [4.78, 5) is 16.2. The van der Waals surface area contributed by atoms with E-state index in [1.807, 2.05) is 46.8 Å². The predicted molar refractivity (Wildman–Crippen MR) is 83.9 cm³/mol. The van der Waals surface area contributed by atoms with Crippen LogP contribution in [0.4, 0.5) is 0 Å². The van der Waals surface area contributed by atoms with Gasteiger partial charge in [-0.2, -0.15) is 0 Å². The second-order valence-corrected chi connectivity index (χ2v) is 6.59. The van der Waals surface area contributed by atoms with E-state index in [-0.39, 0.29) is 23.5 Å². The van der Waals surface area contributed by atoms with E-state index in [0.717, 1.165) is 5.56 Å². The van der Waals surface area contributed by atoms with Gasteiger partial charge >= 0.3 is 0 Å². The second kappa shape index (κ2) is 7.41. The number of rotatable bonds is 6. The lowest BCUT2D eigenvalue weighted by molar-refractivity contribution is -0.122. The van der Waals surface area contributed by atoms with Gasteiger partial charge < -0.3 is 15.8 Å². The molecule has 0 aromatic carbocycles. The minimum absolute atomic E-state index is 0.0451. The molecule has 0 aliphatic rings. The Morgan fingerprint density at radius 3 is 2.67 bits per heavy atom. The summed E-state index contributed by atoms with van der Waals surface area (Å²) in [5, 5.41) is 2.88. The van der Waals surface area contributed by atoms with Crippen molar-refractivity contribution in [3.8, 4) is 5.88 Å². The molecule has 1 rings (SSSR count). The van der Waals surface area contributed by atoms with Crippen molar-refractivity contribution in [2.45, 2.75) is 59.7 Å². The summed E-state index contributed by atoms with van der Waals surface area (Å²) in [5.74, 6) is 0.504. The lowest BCUT2D eigenvalue weighted by atomic mass is 9.85. The summed E-state index contributed by atoms with van der Waals surface area (Å²) in [6.45, 7) is 10.4. The highest BCUT2D eigenvalue weighted by Crippen LogP contribution is 2.20. The van der Waals surface area contributed by atoms with Crippen molar-refractivity contribution in [1.29, 1.82) is 0 Å². The van der Waals surface area contributed by atoms with Crippen LogP contribution in [0.1, 0.15) is 46.6 Å². The average Bonchev–Trinajstić information content (AvgIpc) is 2.36. The van der Waals surface area contributed by atoms with E-state index in [4.69, 9.17) is 10.5 Å². The largest absolute Gasteiger partial charge is 0.475 e. The fourth-order valence-corrected chi connectivity index (χ4v) is 1.66. The number of nitrogens with one attached hydrogen (secondary N) is 1. The van der Waals surface area contributed by atoms with Gasteiger partial charge in [0.25, 0.3) is 0 Å². The third-order valence-electron chi connectivity index (χ3n) is 3.19. The van der Waals surface area contributed by atoms with E-state index in [1.54, 1.807) is 6.20 Å². The van der Waals surface area contributed by atoms with E-state index in [9.17, 15) is 4.79 Å². The second-order valence-electron chi connectivity index (χ2n) is 6.59. The summed E-state index contributed by atoms with van der Waals surface area (Å²) < 4.78 is 5.63. The van der Waals surface area contributed by atoms with E-state index < -0.39 is 0 Å². The number of hydrogen-bond acceptors (Lipinski definition) is 4. The van der Waals surface area contributed by atoms with Crippen LogP contribution >= 0.6 is 0 Å². The third kappa shape index (κ3) is 6.12. The van der Waals surface area contributed by atoms with E-state index >= 15 is 0 Å². The normalized spacial score (nSPS) is 13.1. The van der Waals surface area contributed by atoms with Gasteiger partial charge in [0.15, 0.2) is 0 Å². The molecular formula is C16H27N3O2. The molecule has 3 N–H and O–H groups in total. The number of ether oxygens (including phenoxy) is 1. The van der Waals surface area contributed by atoms with Gasteiger partial charge in [-0.25, -0.2) is 4.98 Å². The molecule has 0 fully saturated rings. The summed E-state index contributed by atoms with van der Waals surface area (Å²) >= 11 is 0. The van der Waals surface area contributed by atoms with Crippen LogP contribution in [-0.2, 0) is 11.3 Å². The molecule has 1 heterocycles. The Hall–Kier alpha value is -1.62. The van der Waals surface area contributed by atoms with Crippen molar-refractivity contribution in [2.75, 3.05) is 0 Å². The molecule has 0 aliphatic carbocycles. The first-order valence-electron chi connectivity index (χ1n) is 7.33. The number of aromatic nitrogens is 1. The Labute approximate surface area is 127 Å². The fraction of sp³-hybridized carbons (Fsp3) is 0.625. The predicted octanol–water partition coefficient (Wildman–Crippen LogP) is 2.25. The maximum absolute atomic E-state index is 12.0. The Morgan fingerprint density at radius 1 is 1.43 bits per heavy atom. The number of nitrogens with zero attached hydrogens (tertiary/aromatic N) is 1. The minimum Gasteiger partial charge on any atom is -0.475 e. The van der Waals surface area contributed by atoms with Gasteiger partial charge in [-0.3, -0.25) is 4.79 Å². The summed E-state index contributed by atoms with van der Waals surface area (Å²) in [6, 6.07) is 3.56. The van der Waals surface area contributed by atoms with Crippen molar-refractivity contribution in [2.24, 2.45) is 11.1 Å². The highest BCUT2D eigenvalue weighted by atomic mass is 16.5. The SMILES string of the molecule is CC(C)Oc1ncccc1CNC(=O)CC(N)C(C)(C)C. The number of hydrogen-bond donors (Lipinski definition) is 2. The lowest BCUT2D eigenvalue weighted by Crippen LogP contribution is -2.40. The van der Waals surface area contributed by atoms with Crippen molar-refractivity contribution in [3.63, 3.8) is 0 Å². The molecule has 0 spiro atoms. The van der Waals surface area contributed by atoms with E-state index in [0.29, 0.717) is 18.8 Å². The Morgan fingerprint density at radius 2 is 2.10 bits per heavy atom. The molecule has 1 unspecified atom stereocenters. The highest BCUT2D eigenvalue weighted by molar-refractivity contribution is 5.76. The zero-order chi connectivity index (χ0) is 16.0. The zero-order valence-electron chi connectivity index (χ0n) is 13.6. The van der Waals surface area contributed by atoms with Crippen LogP contribution in [0.5, 0.6) is 5.88 Å². The van der Waals surface area contributed by atoms with Crippen LogP contribution in [0, 0.1) is 5.41 Å². The molecular weight excluding hydrogens is 266 g/mol. The minimum atomic E-state index is -0.169. The fourth-order valence-electron chi connectivity index (χ4n) is 1.66. The quantitative estimate of drug-likeness (QED) is 0.843. The van der Waals surface area contributed by atoms with Gasteiger partial charge in [0.05, 0.1) is 6.10 Å². The van der Waals surface area contributed by atoms with Crippen LogP contribution in [-0.4, -0.2) is 23.0 Å². The van der Waals surface area contributed by atoms with Gasteiger partial charge in [0, 0.05) is 30.8 Å². The van der Waals surface area contributed by atoms with Crippen LogP contribution < -0.4 is 15.8 Å². The van der Waals surface area contributed by atoms with Crippen LogP contribution in [0.3, 0.4) is 0 Å². The summed E-state index contributed by atoms with van der Waals surface area (Å²) in [5.41, 5.74) is 6.80. The number of carbonyl (C=O) groups is 1. The molecule has 1 amide bonds. The Balaban J connectivity index is 2.57. The van der Waals surface area contributed by atoms with Gasteiger partial charge in [0.2, 0.25) is 11.8 Å². The van der Waals surface area contributed by atoms with Crippen molar-refractivity contribution in [1.82, 2.24) is 10.3 Å². The first-order chi connectivity index (χ1) is 9.70. The average molecular weight is 293 g/mol. The maximum atomic E-state index is 12.0. The molecule has 5 nitrogen and oxygen atoms in total. The van der Waals surface area contributed by atoms with E-state index in [1.165, 1.54) is 0 Å². The van der Waals surface area contributed by atoms with Gasteiger partial charge in [-0.1, -0.05) is 26.8 Å². The van der Waals surface area contributed by atoms with Crippen LogP contribution in [0.15, 0.2) is 18.3 Å². The summed E-state index contributed by atoms with van der Waals surface area (Å²) in [6.07, 6.45) is 2.03. The first kappa shape index (κ1) is 17.4. The van der Waals surface area contributed by atoms with Crippen molar-refractivity contribution >= 4 is 5.91 Å². The maximum Gasteiger partial charge on any atom is 0.221 e. The topological polar surface area (TPSA) is 77.2 Å². The van der Waals surface area contributed by atoms with Crippen LogP contribution in [0.25, 0.3) is 0 Å². The molecule has 0 bridgehead atoms. The van der Waals surface area contributed by atoms with Gasteiger partial charge in [-0.15, -0.1) is 0 Å². The van der Waals surface area contributed by atoms with Gasteiger partial charge in [-0.05, 0) is 25.3 Å². The molecule has 0 radical (unpaired) electrons. The Kier molecular flexibility index (Phi) is 6.15. The van der Waals surface area contributed by atoms with Gasteiger partial charge in [0.1, 0.15) is 0 Å². The molecule has 1 aromatic heterocycles. The Bertz CT molecular complexity index is 467. The first-order valence-corrected chi connectivity index (χ1v) is 7.33. The molecule has 21 heavy (non-hydrogen) atoms. The van der Waals surface area contributed by atoms with Crippen molar-refractivity contribution < 1.29 is 9.53 Å². The third-order valence-corrected chi connectivity index (χ3v) is 3.19. The number of amides is 1. The smallest absolute Gasteiger partial charge is 0.221 e. The number of carbonyl (C=O) groups excluding carboxylic acids is 1. The number of nitrogens with two attached hydrogens (primary N) is 1. The lowest BCUT2D eigenvalue weighted by Gasteiger charge is -2.26. The molecule has 1 atom stereocenters. The molecule has 0 saturated heterocycles.